The van der Waals surface area contributed by atoms with Gasteiger partial charge >= 0.3 is 4.87 Å². The molecule has 2 bridgehead atoms. The molecule has 4 nitrogen and oxygen atoms in total. The third kappa shape index (κ3) is 3.70. The molecule has 0 spiro atoms. The molecule has 1 aromatic heterocycles. The van der Waals surface area contributed by atoms with E-state index < -0.39 is 0 Å². The van der Waals surface area contributed by atoms with E-state index in [-0.39, 0.29) is 23.2 Å². The minimum Gasteiger partial charge on any atom is -0.324 e. The summed E-state index contributed by atoms with van der Waals surface area (Å²) in [5.41, 5.74) is 2.06. The van der Waals surface area contributed by atoms with Gasteiger partial charge in [-0.05, 0) is 66.2 Å². The molecule has 3 aromatic carbocycles. The second kappa shape index (κ2) is 8.89. The fraction of sp³-hybridized carbons (Fsp3) is 0.310. The van der Waals surface area contributed by atoms with Crippen LogP contribution in [0.15, 0.2) is 81.0 Å². The van der Waals surface area contributed by atoms with Gasteiger partial charge in [-0.1, -0.05) is 75.8 Å². The number of halogens is 1. The molecular formula is C29H25BrN2O2S2. The molecule has 4 aromatic rings. The van der Waals surface area contributed by atoms with E-state index in [4.69, 9.17) is 0 Å². The third-order valence-electron chi connectivity index (χ3n) is 8.26. The van der Waals surface area contributed by atoms with Crippen LogP contribution in [0.5, 0.6) is 0 Å². The average molecular weight is 578 g/mol. The van der Waals surface area contributed by atoms with Crippen molar-refractivity contribution in [3.05, 3.63) is 91.3 Å². The molecule has 5 atom stereocenters. The van der Waals surface area contributed by atoms with Crippen LogP contribution < -0.4 is 10.2 Å². The number of nitrogens with one attached hydrogen (secondary N) is 1. The Balaban J connectivity index is 1.25. The lowest BCUT2D eigenvalue weighted by Gasteiger charge is -2.40. The molecule has 182 valence electrons. The van der Waals surface area contributed by atoms with Crippen LogP contribution in [0.1, 0.15) is 35.6 Å². The Morgan fingerprint density at radius 1 is 1.03 bits per heavy atom. The monoisotopic (exact) mass is 576 g/mol. The van der Waals surface area contributed by atoms with Crippen LogP contribution in [-0.4, -0.2) is 15.7 Å². The number of amides is 1. The Morgan fingerprint density at radius 3 is 2.72 bits per heavy atom. The number of fused-ring (bicyclic) bond motifs is 7. The molecule has 7 heteroatoms. The fourth-order valence-electron chi connectivity index (χ4n) is 6.83. The lowest BCUT2D eigenvalue weighted by Crippen LogP contribution is -2.34. The maximum Gasteiger partial charge on any atom is 0.308 e. The number of benzene rings is 3. The largest absolute Gasteiger partial charge is 0.324 e. The fourth-order valence-corrected chi connectivity index (χ4v) is 10.4. The van der Waals surface area contributed by atoms with Crippen LogP contribution in [0, 0.1) is 17.8 Å². The molecule has 36 heavy (non-hydrogen) atoms. The Kier molecular flexibility index (Phi) is 5.64. The highest BCUT2D eigenvalue weighted by Gasteiger charge is 2.55. The van der Waals surface area contributed by atoms with E-state index in [2.05, 4.69) is 45.5 Å². The normalized spacial score (nSPS) is 26.1. The summed E-state index contributed by atoms with van der Waals surface area (Å²) in [7, 11) is 0. The predicted molar refractivity (Wildman–Crippen MR) is 151 cm³/mol. The van der Waals surface area contributed by atoms with Gasteiger partial charge in [-0.15, -0.1) is 11.8 Å². The summed E-state index contributed by atoms with van der Waals surface area (Å²) in [6.07, 6.45) is 3.89. The van der Waals surface area contributed by atoms with Crippen molar-refractivity contribution in [1.82, 2.24) is 4.57 Å². The standard InChI is InChI=1S/C29H25BrN2O2S2/c30-20-8-3-7-17(14-20)25-24-18-11-12-19(13-18)26(24)35-28-27(25)36-29(34)32(28)15-23(33)31-22-10-4-6-16-5-1-2-9-21(16)22/h1-10,14,18-19,24-26H,11-13,15H2,(H,31,33). The zero-order valence-corrected chi connectivity index (χ0v) is 22.7. The van der Waals surface area contributed by atoms with E-state index >= 15 is 0 Å². The minimum absolute atomic E-state index is 0.0344. The molecule has 7 rings (SSSR count). The number of carbonyl (C=O) groups excluding carboxylic acids is 1. The summed E-state index contributed by atoms with van der Waals surface area (Å²) in [5, 5.41) is 6.68. The van der Waals surface area contributed by atoms with Gasteiger partial charge in [0.15, 0.2) is 0 Å². The van der Waals surface area contributed by atoms with Crippen molar-refractivity contribution in [2.45, 2.75) is 42.0 Å². The van der Waals surface area contributed by atoms with Gasteiger partial charge in [-0.25, -0.2) is 0 Å². The Labute approximate surface area is 226 Å². The second-order valence-corrected chi connectivity index (χ2v) is 13.3. The quantitative estimate of drug-likeness (QED) is 0.281. The van der Waals surface area contributed by atoms with Gasteiger partial charge in [-0.3, -0.25) is 14.2 Å². The lowest BCUT2D eigenvalue weighted by atomic mass is 9.75. The van der Waals surface area contributed by atoms with Crippen molar-refractivity contribution >= 4 is 61.4 Å². The highest BCUT2D eigenvalue weighted by atomic mass is 79.9. The molecule has 1 amide bonds. The first kappa shape index (κ1) is 22.8. The number of carbonyl (C=O) groups is 1. The molecule has 2 heterocycles. The van der Waals surface area contributed by atoms with Crippen molar-refractivity contribution in [1.29, 1.82) is 0 Å². The summed E-state index contributed by atoms with van der Waals surface area (Å²) >= 11 is 6.88. The van der Waals surface area contributed by atoms with Crippen LogP contribution >= 0.6 is 39.0 Å². The third-order valence-corrected chi connectivity index (χ3v) is 11.6. The van der Waals surface area contributed by atoms with Gasteiger partial charge in [0.25, 0.3) is 0 Å². The van der Waals surface area contributed by atoms with Gasteiger partial charge in [0.2, 0.25) is 5.91 Å². The van der Waals surface area contributed by atoms with Crippen molar-refractivity contribution in [2.75, 3.05) is 5.32 Å². The van der Waals surface area contributed by atoms with Gasteiger partial charge in [0.1, 0.15) is 6.54 Å². The van der Waals surface area contributed by atoms with Crippen molar-refractivity contribution < 1.29 is 4.79 Å². The van der Waals surface area contributed by atoms with Gasteiger partial charge < -0.3 is 5.32 Å². The summed E-state index contributed by atoms with van der Waals surface area (Å²) in [4.78, 5) is 27.7. The molecule has 3 aliphatic rings. The lowest BCUT2D eigenvalue weighted by molar-refractivity contribution is -0.116. The summed E-state index contributed by atoms with van der Waals surface area (Å²) in [6.45, 7) is 0.0393. The van der Waals surface area contributed by atoms with E-state index in [1.807, 2.05) is 54.2 Å². The number of aromatic nitrogens is 1. The van der Waals surface area contributed by atoms with Crippen LogP contribution in [0.25, 0.3) is 10.8 Å². The first-order valence-electron chi connectivity index (χ1n) is 12.5. The predicted octanol–water partition coefficient (Wildman–Crippen LogP) is 7.12. The molecular weight excluding hydrogens is 552 g/mol. The number of nitrogens with zero attached hydrogens (tertiary/aromatic N) is 1. The number of hydrogen-bond acceptors (Lipinski definition) is 4. The smallest absolute Gasteiger partial charge is 0.308 e. The van der Waals surface area contributed by atoms with Crippen LogP contribution in [0.2, 0.25) is 0 Å². The molecule has 0 radical (unpaired) electrons. The second-order valence-electron chi connectivity index (χ2n) is 10.2. The van der Waals surface area contributed by atoms with E-state index in [1.165, 1.54) is 36.2 Å². The number of hydrogen-bond donors (Lipinski definition) is 1. The van der Waals surface area contributed by atoms with Crippen LogP contribution in [0.4, 0.5) is 5.69 Å². The maximum absolute atomic E-state index is 13.3. The average Bonchev–Trinajstić information content (AvgIpc) is 3.57. The highest BCUT2D eigenvalue weighted by Crippen LogP contribution is 2.64. The van der Waals surface area contributed by atoms with Gasteiger partial charge in [0, 0.05) is 31.6 Å². The first-order chi connectivity index (χ1) is 17.6. The van der Waals surface area contributed by atoms with E-state index in [9.17, 15) is 9.59 Å². The summed E-state index contributed by atoms with van der Waals surface area (Å²) in [6, 6.07) is 22.5. The zero-order chi connectivity index (χ0) is 24.4. The van der Waals surface area contributed by atoms with E-state index in [0.717, 1.165) is 36.8 Å². The molecule has 2 fully saturated rings. The SMILES string of the molecule is O=C(Cn1c2c(sc1=O)C(c1cccc(Br)c1)C1C3CCC(C3)C1S2)Nc1cccc2ccccc12. The van der Waals surface area contributed by atoms with Crippen molar-refractivity contribution in [2.24, 2.45) is 17.8 Å². The van der Waals surface area contributed by atoms with Crippen LogP contribution in [0.3, 0.4) is 0 Å². The number of thioether (sulfide) groups is 1. The zero-order valence-electron chi connectivity index (χ0n) is 19.5. The van der Waals surface area contributed by atoms with Crippen molar-refractivity contribution in [3.63, 3.8) is 0 Å². The molecule has 2 saturated carbocycles. The van der Waals surface area contributed by atoms with E-state index in [1.54, 1.807) is 4.57 Å². The maximum atomic E-state index is 13.3. The first-order valence-corrected chi connectivity index (χ1v) is 15.0. The number of thiazole rings is 1. The highest BCUT2D eigenvalue weighted by molar-refractivity contribution is 9.10. The summed E-state index contributed by atoms with van der Waals surface area (Å²) in [5.74, 6) is 2.06. The Hall–Kier alpha value is -2.35. The number of rotatable bonds is 4. The molecule has 1 N–H and O–H groups in total. The topological polar surface area (TPSA) is 51.1 Å². The Morgan fingerprint density at radius 2 is 1.83 bits per heavy atom. The molecule has 0 saturated heterocycles. The van der Waals surface area contributed by atoms with Gasteiger partial charge in [-0.2, -0.15) is 0 Å². The van der Waals surface area contributed by atoms with Crippen LogP contribution in [-0.2, 0) is 11.3 Å². The summed E-state index contributed by atoms with van der Waals surface area (Å²) < 4.78 is 2.80. The van der Waals surface area contributed by atoms with Gasteiger partial charge in [0.05, 0.1) is 5.03 Å². The number of anilines is 1. The minimum atomic E-state index is -0.163. The van der Waals surface area contributed by atoms with Crippen molar-refractivity contribution in [3.8, 4) is 0 Å². The van der Waals surface area contributed by atoms with E-state index in [0.29, 0.717) is 17.1 Å². The molecule has 1 aliphatic heterocycles. The molecule has 2 aliphatic carbocycles. The molecule has 5 unspecified atom stereocenters. The Bertz CT molecular complexity index is 1560.